The SMILES string of the molecule is Cc1cc(C(=O)N2CCCC(CN)C2)ccc1O. The minimum absolute atomic E-state index is 0.0382. The second-order valence-corrected chi connectivity index (χ2v) is 5.00. The van der Waals surface area contributed by atoms with Crippen molar-refractivity contribution in [3.63, 3.8) is 0 Å². The van der Waals surface area contributed by atoms with E-state index in [1.807, 2.05) is 4.90 Å². The van der Waals surface area contributed by atoms with Crippen molar-refractivity contribution in [2.75, 3.05) is 19.6 Å². The fraction of sp³-hybridized carbons (Fsp3) is 0.500. The van der Waals surface area contributed by atoms with Crippen molar-refractivity contribution in [3.05, 3.63) is 29.3 Å². The molecule has 1 fully saturated rings. The zero-order valence-electron chi connectivity index (χ0n) is 10.7. The third kappa shape index (κ3) is 2.64. The third-order valence-corrected chi connectivity index (χ3v) is 3.58. The molecule has 1 aromatic carbocycles. The molecule has 1 unspecified atom stereocenters. The van der Waals surface area contributed by atoms with Gasteiger partial charge in [0.05, 0.1) is 0 Å². The molecule has 18 heavy (non-hydrogen) atoms. The summed E-state index contributed by atoms with van der Waals surface area (Å²) in [6.45, 7) is 3.98. The number of hydrogen-bond acceptors (Lipinski definition) is 3. The van der Waals surface area contributed by atoms with Gasteiger partial charge < -0.3 is 15.7 Å². The van der Waals surface area contributed by atoms with Crippen LogP contribution in [-0.2, 0) is 0 Å². The number of likely N-dealkylation sites (tertiary alicyclic amines) is 1. The Labute approximate surface area is 107 Å². The third-order valence-electron chi connectivity index (χ3n) is 3.58. The Hall–Kier alpha value is -1.55. The number of nitrogens with zero attached hydrogens (tertiary/aromatic N) is 1. The van der Waals surface area contributed by atoms with Gasteiger partial charge in [0.25, 0.3) is 5.91 Å². The van der Waals surface area contributed by atoms with Crippen molar-refractivity contribution < 1.29 is 9.90 Å². The summed E-state index contributed by atoms with van der Waals surface area (Å²) in [6, 6.07) is 4.99. The van der Waals surface area contributed by atoms with Gasteiger partial charge in [0.2, 0.25) is 0 Å². The Morgan fingerprint density at radius 1 is 1.56 bits per heavy atom. The van der Waals surface area contributed by atoms with Crippen LogP contribution in [0.25, 0.3) is 0 Å². The van der Waals surface area contributed by atoms with Gasteiger partial charge in [-0.2, -0.15) is 0 Å². The Kier molecular flexibility index (Phi) is 3.87. The molecule has 1 heterocycles. The number of carbonyl (C=O) groups excluding carboxylic acids is 1. The topological polar surface area (TPSA) is 66.6 Å². The van der Waals surface area contributed by atoms with Gasteiger partial charge in [-0.05, 0) is 56.0 Å². The number of hydrogen-bond donors (Lipinski definition) is 2. The molecule has 0 saturated carbocycles. The number of nitrogens with two attached hydrogens (primary N) is 1. The summed E-state index contributed by atoms with van der Waals surface area (Å²) >= 11 is 0. The first-order valence-corrected chi connectivity index (χ1v) is 6.40. The van der Waals surface area contributed by atoms with Crippen molar-refractivity contribution >= 4 is 5.91 Å². The number of carbonyl (C=O) groups is 1. The van der Waals surface area contributed by atoms with Crippen LogP contribution in [0.15, 0.2) is 18.2 Å². The van der Waals surface area contributed by atoms with Crippen molar-refractivity contribution in [2.24, 2.45) is 11.7 Å². The molecule has 1 amide bonds. The number of amides is 1. The number of benzene rings is 1. The van der Waals surface area contributed by atoms with Gasteiger partial charge in [-0.1, -0.05) is 0 Å². The summed E-state index contributed by atoms with van der Waals surface area (Å²) in [5, 5.41) is 9.47. The van der Waals surface area contributed by atoms with Crippen LogP contribution in [0, 0.1) is 12.8 Å². The molecule has 98 valence electrons. The van der Waals surface area contributed by atoms with Crippen LogP contribution < -0.4 is 5.73 Å². The van der Waals surface area contributed by atoms with Crippen LogP contribution in [-0.4, -0.2) is 35.5 Å². The molecule has 2 rings (SSSR count). The van der Waals surface area contributed by atoms with Gasteiger partial charge in [-0.15, -0.1) is 0 Å². The highest BCUT2D eigenvalue weighted by atomic mass is 16.3. The molecule has 0 spiro atoms. The molecule has 4 nitrogen and oxygen atoms in total. The Morgan fingerprint density at radius 3 is 3.00 bits per heavy atom. The van der Waals surface area contributed by atoms with Crippen LogP contribution in [0.5, 0.6) is 5.75 Å². The van der Waals surface area contributed by atoms with E-state index < -0.39 is 0 Å². The molecule has 1 aromatic rings. The second kappa shape index (κ2) is 5.40. The number of rotatable bonds is 2. The summed E-state index contributed by atoms with van der Waals surface area (Å²) in [4.78, 5) is 14.2. The van der Waals surface area contributed by atoms with Gasteiger partial charge in [0.15, 0.2) is 0 Å². The first-order chi connectivity index (χ1) is 8.61. The van der Waals surface area contributed by atoms with Crippen LogP contribution in [0.4, 0.5) is 0 Å². The molecule has 1 atom stereocenters. The summed E-state index contributed by atoms with van der Waals surface area (Å²) in [5.41, 5.74) is 7.05. The van der Waals surface area contributed by atoms with Gasteiger partial charge in [-0.3, -0.25) is 4.79 Å². The lowest BCUT2D eigenvalue weighted by atomic mass is 9.97. The highest BCUT2D eigenvalue weighted by Gasteiger charge is 2.23. The van der Waals surface area contributed by atoms with Crippen LogP contribution in [0.3, 0.4) is 0 Å². The van der Waals surface area contributed by atoms with E-state index in [1.165, 1.54) is 0 Å². The molecule has 0 bridgehead atoms. The van der Waals surface area contributed by atoms with Crippen molar-refractivity contribution in [1.82, 2.24) is 4.90 Å². The van der Waals surface area contributed by atoms with E-state index in [4.69, 9.17) is 5.73 Å². The molecule has 0 radical (unpaired) electrons. The highest BCUT2D eigenvalue weighted by Crippen LogP contribution is 2.21. The van der Waals surface area contributed by atoms with E-state index >= 15 is 0 Å². The summed E-state index contributed by atoms with van der Waals surface area (Å²) < 4.78 is 0. The van der Waals surface area contributed by atoms with Crippen LogP contribution >= 0.6 is 0 Å². The van der Waals surface area contributed by atoms with E-state index in [2.05, 4.69) is 0 Å². The quantitative estimate of drug-likeness (QED) is 0.833. The number of phenols is 1. The second-order valence-electron chi connectivity index (χ2n) is 5.00. The number of piperidine rings is 1. The lowest BCUT2D eigenvalue weighted by Gasteiger charge is -2.32. The Balaban J connectivity index is 2.12. The molecular weight excluding hydrogens is 228 g/mol. The predicted octanol–water partition coefficient (Wildman–Crippen LogP) is 1.51. The molecule has 0 aliphatic carbocycles. The Morgan fingerprint density at radius 2 is 2.33 bits per heavy atom. The van der Waals surface area contributed by atoms with Crippen molar-refractivity contribution in [2.45, 2.75) is 19.8 Å². The lowest BCUT2D eigenvalue weighted by Crippen LogP contribution is -2.42. The summed E-state index contributed by atoms with van der Waals surface area (Å²) in [7, 11) is 0. The van der Waals surface area contributed by atoms with E-state index in [0.717, 1.165) is 31.5 Å². The number of aryl methyl sites for hydroxylation is 1. The largest absolute Gasteiger partial charge is 0.508 e. The maximum absolute atomic E-state index is 12.3. The summed E-state index contributed by atoms with van der Waals surface area (Å²) in [5.74, 6) is 0.683. The zero-order chi connectivity index (χ0) is 13.1. The van der Waals surface area contributed by atoms with E-state index in [1.54, 1.807) is 25.1 Å². The van der Waals surface area contributed by atoms with Gasteiger partial charge in [0, 0.05) is 18.7 Å². The van der Waals surface area contributed by atoms with Crippen molar-refractivity contribution in [3.8, 4) is 5.75 Å². The zero-order valence-corrected chi connectivity index (χ0v) is 10.7. The maximum atomic E-state index is 12.3. The van der Waals surface area contributed by atoms with Gasteiger partial charge in [-0.25, -0.2) is 0 Å². The van der Waals surface area contributed by atoms with E-state index in [9.17, 15) is 9.90 Å². The molecule has 1 aliphatic rings. The maximum Gasteiger partial charge on any atom is 0.253 e. The highest BCUT2D eigenvalue weighted by molar-refractivity contribution is 5.94. The van der Waals surface area contributed by atoms with Crippen molar-refractivity contribution in [1.29, 1.82) is 0 Å². The summed E-state index contributed by atoms with van der Waals surface area (Å²) in [6.07, 6.45) is 2.12. The molecule has 1 saturated heterocycles. The van der Waals surface area contributed by atoms with E-state index in [-0.39, 0.29) is 11.7 Å². The molecule has 0 aromatic heterocycles. The monoisotopic (exact) mass is 248 g/mol. The molecule has 3 N–H and O–H groups in total. The average molecular weight is 248 g/mol. The fourth-order valence-electron chi connectivity index (χ4n) is 2.41. The smallest absolute Gasteiger partial charge is 0.253 e. The van der Waals surface area contributed by atoms with Gasteiger partial charge in [0.1, 0.15) is 5.75 Å². The number of aromatic hydroxyl groups is 1. The molecular formula is C14H20N2O2. The standard InChI is InChI=1S/C14H20N2O2/c1-10-7-12(4-5-13(10)17)14(18)16-6-2-3-11(8-15)9-16/h4-5,7,11,17H,2-3,6,8-9,15H2,1H3. The number of phenolic OH excluding ortho intramolecular Hbond substituents is 1. The molecule has 4 heteroatoms. The average Bonchev–Trinajstić information content (AvgIpc) is 2.41. The predicted molar refractivity (Wildman–Crippen MR) is 70.5 cm³/mol. The Bertz CT molecular complexity index is 445. The molecule has 1 aliphatic heterocycles. The lowest BCUT2D eigenvalue weighted by molar-refractivity contribution is 0.0678. The van der Waals surface area contributed by atoms with E-state index in [0.29, 0.717) is 18.0 Å². The van der Waals surface area contributed by atoms with Gasteiger partial charge >= 0.3 is 0 Å². The minimum Gasteiger partial charge on any atom is -0.508 e. The normalized spacial score (nSPS) is 19.9. The van der Waals surface area contributed by atoms with Crippen LogP contribution in [0.1, 0.15) is 28.8 Å². The minimum atomic E-state index is 0.0382. The van der Waals surface area contributed by atoms with Crippen LogP contribution in [0.2, 0.25) is 0 Å². The fourth-order valence-corrected chi connectivity index (χ4v) is 2.41. The first kappa shape index (κ1) is 12.9. The first-order valence-electron chi connectivity index (χ1n) is 6.40.